The Labute approximate surface area is 137 Å². The van der Waals surface area contributed by atoms with Crippen molar-refractivity contribution in [2.45, 2.75) is 32.7 Å². The van der Waals surface area contributed by atoms with Crippen LogP contribution in [0.25, 0.3) is 0 Å². The molecular formula is C16H24N2O4S. The largest absolute Gasteiger partial charge is 0.468 e. The van der Waals surface area contributed by atoms with Crippen LogP contribution in [0.4, 0.5) is 0 Å². The first-order chi connectivity index (χ1) is 10.9. The third-order valence-electron chi connectivity index (χ3n) is 4.76. The van der Waals surface area contributed by atoms with Crippen LogP contribution in [-0.4, -0.2) is 38.1 Å². The van der Waals surface area contributed by atoms with Crippen molar-refractivity contribution in [3.05, 3.63) is 24.2 Å². The molecule has 2 fully saturated rings. The number of sulfonamides is 1. The van der Waals surface area contributed by atoms with Crippen molar-refractivity contribution < 1.29 is 17.6 Å². The van der Waals surface area contributed by atoms with Crippen LogP contribution in [0.5, 0.6) is 0 Å². The van der Waals surface area contributed by atoms with E-state index in [2.05, 4.69) is 11.6 Å². The van der Waals surface area contributed by atoms with Crippen LogP contribution in [0.15, 0.2) is 22.8 Å². The van der Waals surface area contributed by atoms with Gasteiger partial charge in [-0.1, -0.05) is 6.92 Å². The molecule has 23 heavy (non-hydrogen) atoms. The van der Waals surface area contributed by atoms with Gasteiger partial charge in [-0.15, -0.1) is 0 Å². The summed E-state index contributed by atoms with van der Waals surface area (Å²) in [6, 6.07) is 3.47. The third-order valence-corrected chi connectivity index (χ3v) is 6.25. The van der Waals surface area contributed by atoms with E-state index in [9.17, 15) is 13.2 Å². The van der Waals surface area contributed by atoms with Crippen LogP contribution in [-0.2, 0) is 21.4 Å². The van der Waals surface area contributed by atoms with Crippen molar-refractivity contribution in [3.63, 3.8) is 0 Å². The van der Waals surface area contributed by atoms with E-state index in [1.165, 1.54) is 6.26 Å². The summed E-state index contributed by atoms with van der Waals surface area (Å²) in [6.45, 7) is 3.58. The van der Waals surface area contributed by atoms with Gasteiger partial charge in [0.1, 0.15) is 5.76 Å². The Hall–Kier alpha value is -1.34. The number of amides is 1. The fourth-order valence-corrected chi connectivity index (χ4v) is 4.64. The first kappa shape index (κ1) is 16.5. The van der Waals surface area contributed by atoms with Crippen molar-refractivity contribution in [2.24, 2.45) is 17.8 Å². The molecule has 1 aliphatic carbocycles. The second-order valence-corrected chi connectivity index (χ2v) is 8.65. The molecular weight excluding hydrogens is 316 g/mol. The standard InChI is InChI=1S/C16H24N2O4S/c1-12-8-15(12)16(19)18-6-2-4-13(10-18)11-23(20,21)17-9-14-5-3-7-22-14/h3,5,7,12-13,15,17H,2,4,6,8-11H2,1H3/t12-,13+,15-/m1/s1. The molecule has 1 amide bonds. The highest BCUT2D eigenvalue weighted by atomic mass is 32.2. The summed E-state index contributed by atoms with van der Waals surface area (Å²) < 4.78 is 32.1. The lowest BCUT2D eigenvalue weighted by Crippen LogP contribution is -2.44. The van der Waals surface area contributed by atoms with Crippen LogP contribution >= 0.6 is 0 Å². The predicted octanol–water partition coefficient (Wildman–Crippen LogP) is 1.59. The van der Waals surface area contributed by atoms with E-state index in [1.807, 2.05) is 4.90 Å². The highest BCUT2D eigenvalue weighted by molar-refractivity contribution is 7.89. The van der Waals surface area contributed by atoms with Crippen LogP contribution in [0.3, 0.4) is 0 Å². The molecule has 1 aliphatic heterocycles. The first-order valence-electron chi connectivity index (χ1n) is 8.23. The predicted molar refractivity (Wildman–Crippen MR) is 85.9 cm³/mol. The fraction of sp³-hybridized carbons (Fsp3) is 0.688. The number of carbonyl (C=O) groups is 1. The van der Waals surface area contributed by atoms with Gasteiger partial charge in [0, 0.05) is 19.0 Å². The summed E-state index contributed by atoms with van der Waals surface area (Å²) in [6.07, 6.45) is 4.23. The Morgan fingerprint density at radius 1 is 1.48 bits per heavy atom. The lowest BCUT2D eigenvalue weighted by atomic mass is 9.99. The van der Waals surface area contributed by atoms with E-state index in [-0.39, 0.29) is 30.0 Å². The smallest absolute Gasteiger partial charge is 0.225 e. The number of furan rings is 1. The van der Waals surface area contributed by atoms with Crippen molar-refractivity contribution >= 4 is 15.9 Å². The molecule has 0 spiro atoms. The summed E-state index contributed by atoms with van der Waals surface area (Å²) in [5, 5.41) is 0. The molecule has 1 N–H and O–H groups in total. The van der Waals surface area contributed by atoms with Crippen molar-refractivity contribution in [1.29, 1.82) is 0 Å². The summed E-state index contributed by atoms with van der Waals surface area (Å²) in [5.74, 6) is 1.54. The number of rotatable bonds is 6. The Balaban J connectivity index is 1.51. The average molecular weight is 340 g/mol. The maximum atomic E-state index is 12.3. The Kier molecular flexibility index (Phi) is 4.77. The molecule has 0 aromatic carbocycles. The second kappa shape index (κ2) is 6.65. The normalized spacial score (nSPS) is 27.9. The van der Waals surface area contributed by atoms with E-state index in [0.717, 1.165) is 25.8 Å². The van der Waals surface area contributed by atoms with Crippen LogP contribution in [0.2, 0.25) is 0 Å². The molecule has 7 heteroatoms. The monoisotopic (exact) mass is 340 g/mol. The van der Waals surface area contributed by atoms with Gasteiger partial charge in [0.25, 0.3) is 0 Å². The van der Waals surface area contributed by atoms with Gasteiger partial charge in [0.2, 0.25) is 15.9 Å². The van der Waals surface area contributed by atoms with Gasteiger partial charge in [-0.3, -0.25) is 4.79 Å². The van der Waals surface area contributed by atoms with Gasteiger partial charge in [0.05, 0.1) is 18.6 Å². The van der Waals surface area contributed by atoms with Crippen LogP contribution in [0, 0.1) is 17.8 Å². The third kappa shape index (κ3) is 4.35. The Bertz CT molecular complexity index is 641. The number of hydrogen-bond acceptors (Lipinski definition) is 4. The van der Waals surface area contributed by atoms with Gasteiger partial charge in [-0.25, -0.2) is 13.1 Å². The number of nitrogens with one attached hydrogen (secondary N) is 1. The minimum Gasteiger partial charge on any atom is -0.468 e. The van der Waals surface area contributed by atoms with E-state index >= 15 is 0 Å². The molecule has 0 unspecified atom stereocenters. The number of nitrogens with zero attached hydrogens (tertiary/aromatic N) is 1. The quantitative estimate of drug-likeness (QED) is 0.853. The van der Waals surface area contributed by atoms with Crippen molar-refractivity contribution in [3.8, 4) is 0 Å². The van der Waals surface area contributed by atoms with Gasteiger partial charge in [0.15, 0.2) is 0 Å². The molecule has 0 radical (unpaired) electrons. The number of carbonyl (C=O) groups excluding carboxylic acids is 1. The minimum absolute atomic E-state index is 0.0101. The van der Waals surface area contributed by atoms with Gasteiger partial charge in [-0.2, -0.15) is 0 Å². The molecule has 1 saturated carbocycles. The maximum absolute atomic E-state index is 12.3. The van der Waals surface area contributed by atoms with Gasteiger partial charge >= 0.3 is 0 Å². The molecule has 3 atom stereocenters. The zero-order valence-corrected chi connectivity index (χ0v) is 14.2. The number of likely N-dealkylation sites (tertiary alicyclic amines) is 1. The molecule has 2 aliphatic rings. The molecule has 0 bridgehead atoms. The molecule has 3 rings (SSSR count). The minimum atomic E-state index is -3.37. The van der Waals surface area contributed by atoms with Crippen molar-refractivity contribution in [2.75, 3.05) is 18.8 Å². The van der Waals surface area contributed by atoms with Crippen LogP contribution in [0.1, 0.15) is 31.9 Å². The molecule has 6 nitrogen and oxygen atoms in total. The van der Waals surface area contributed by atoms with E-state index in [0.29, 0.717) is 18.2 Å². The molecule has 1 saturated heterocycles. The summed E-state index contributed by atoms with van der Waals surface area (Å²) in [7, 11) is -3.37. The summed E-state index contributed by atoms with van der Waals surface area (Å²) in [4.78, 5) is 14.2. The van der Waals surface area contributed by atoms with Gasteiger partial charge in [-0.05, 0) is 43.2 Å². The molecule has 1 aromatic rings. The number of hydrogen-bond donors (Lipinski definition) is 1. The summed E-state index contributed by atoms with van der Waals surface area (Å²) in [5.41, 5.74) is 0. The highest BCUT2D eigenvalue weighted by Crippen LogP contribution is 2.39. The fourth-order valence-electron chi connectivity index (χ4n) is 3.27. The maximum Gasteiger partial charge on any atom is 0.225 e. The first-order valence-corrected chi connectivity index (χ1v) is 9.88. The second-order valence-electron chi connectivity index (χ2n) is 6.79. The topological polar surface area (TPSA) is 79.6 Å². The summed E-state index contributed by atoms with van der Waals surface area (Å²) >= 11 is 0. The molecule has 1 aromatic heterocycles. The molecule has 2 heterocycles. The zero-order valence-electron chi connectivity index (χ0n) is 13.4. The number of piperidine rings is 1. The lowest BCUT2D eigenvalue weighted by molar-refractivity contribution is -0.134. The average Bonchev–Trinajstić information content (AvgIpc) is 3.01. The van der Waals surface area contributed by atoms with Crippen LogP contribution < -0.4 is 4.72 Å². The highest BCUT2D eigenvalue weighted by Gasteiger charge is 2.42. The Morgan fingerprint density at radius 2 is 2.26 bits per heavy atom. The molecule has 128 valence electrons. The lowest BCUT2D eigenvalue weighted by Gasteiger charge is -2.32. The Morgan fingerprint density at radius 3 is 2.91 bits per heavy atom. The van der Waals surface area contributed by atoms with Gasteiger partial charge < -0.3 is 9.32 Å². The van der Waals surface area contributed by atoms with Crippen molar-refractivity contribution in [1.82, 2.24) is 9.62 Å². The zero-order chi connectivity index (χ0) is 16.4. The van der Waals surface area contributed by atoms with E-state index in [1.54, 1.807) is 12.1 Å². The van der Waals surface area contributed by atoms with E-state index < -0.39 is 10.0 Å². The SMILES string of the molecule is C[C@@H]1C[C@H]1C(=O)N1CCC[C@H](CS(=O)(=O)NCc2ccco2)C1. The van der Waals surface area contributed by atoms with E-state index in [4.69, 9.17) is 4.42 Å².